The van der Waals surface area contributed by atoms with Crippen LogP contribution in [0.1, 0.15) is 80.2 Å². The Hall–Kier alpha value is -7.63. The molecule has 0 saturated carbocycles. The topological polar surface area (TPSA) is 63.4 Å². The van der Waals surface area contributed by atoms with Gasteiger partial charge in [-0.15, -0.1) is 0 Å². The number of nitrogens with zero attached hydrogens (tertiary/aromatic N) is 5. The molecule has 312 valence electrons. The third kappa shape index (κ3) is 9.40. The van der Waals surface area contributed by atoms with Gasteiger partial charge in [0.25, 0.3) is 0 Å². The zero-order chi connectivity index (χ0) is 43.9. The molecule has 64 heavy (non-hydrogen) atoms. The maximum absolute atomic E-state index is 5.26. The molecule has 1 unspecified atom stereocenters. The normalized spacial score (nSPS) is 13.7. The summed E-state index contributed by atoms with van der Waals surface area (Å²) in [6.07, 6.45) is 8.52. The van der Waals surface area contributed by atoms with E-state index in [0.29, 0.717) is 23.3 Å². The lowest BCUT2D eigenvalue weighted by atomic mass is 9.77. The molecule has 0 amide bonds. The number of hydrogen-bond acceptors (Lipinski definition) is 4. The lowest BCUT2D eigenvalue weighted by molar-refractivity contribution is 0.641. The first-order chi connectivity index (χ1) is 31.3. The van der Waals surface area contributed by atoms with Crippen LogP contribution in [0.15, 0.2) is 216 Å². The van der Waals surface area contributed by atoms with Gasteiger partial charge in [-0.25, -0.2) is 19.9 Å². The van der Waals surface area contributed by atoms with Crippen LogP contribution < -0.4 is 0 Å². The molecule has 1 heterocycles. The number of aliphatic imine (C=N–C) groups is 2. The molecule has 5 nitrogen and oxygen atoms in total. The quantitative estimate of drug-likeness (QED) is 0.0963. The molecule has 9 rings (SSSR count). The molecule has 7 aromatic carbocycles. The van der Waals surface area contributed by atoms with Crippen LogP contribution in [0, 0.1) is 0 Å². The van der Waals surface area contributed by atoms with E-state index in [1.165, 1.54) is 27.8 Å². The van der Waals surface area contributed by atoms with E-state index >= 15 is 0 Å². The Morgan fingerprint density at radius 3 is 1.47 bits per heavy atom. The summed E-state index contributed by atoms with van der Waals surface area (Å²) in [5.74, 6) is 2.71. The summed E-state index contributed by atoms with van der Waals surface area (Å²) in [5.41, 5.74) is 13.8. The summed E-state index contributed by atoms with van der Waals surface area (Å²) in [4.78, 5) is 25.5. The van der Waals surface area contributed by atoms with E-state index in [-0.39, 0.29) is 11.5 Å². The smallest absolute Gasteiger partial charge is 0.164 e. The van der Waals surface area contributed by atoms with Crippen molar-refractivity contribution in [2.24, 2.45) is 9.98 Å². The molecule has 0 aliphatic heterocycles. The minimum absolute atomic E-state index is 0.102. The van der Waals surface area contributed by atoms with E-state index in [1.807, 2.05) is 30.3 Å². The number of allylic oxidation sites excluding steroid dienone is 4. The number of aromatic nitrogens is 3. The molecule has 1 aromatic heterocycles. The van der Waals surface area contributed by atoms with Gasteiger partial charge in [0, 0.05) is 33.4 Å². The highest BCUT2D eigenvalue weighted by atomic mass is 15.0. The van der Waals surface area contributed by atoms with E-state index in [4.69, 9.17) is 24.9 Å². The van der Waals surface area contributed by atoms with Crippen LogP contribution in [-0.2, 0) is 5.41 Å². The van der Waals surface area contributed by atoms with E-state index in [1.54, 1.807) is 0 Å². The van der Waals surface area contributed by atoms with Gasteiger partial charge < -0.3 is 0 Å². The molecular formula is C59H51N5. The second-order valence-corrected chi connectivity index (χ2v) is 16.8. The van der Waals surface area contributed by atoms with Crippen LogP contribution in [0.4, 0.5) is 0 Å². The maximum atomic E-state index is 5.26. The maximum Gasteiger partial charge on any atom is 0.164 e. The fourth-order valence-corrected chi connectivity index (χ4v) is 8.14. The molecule has 5 heteroatoms. The number of benzene rings is 7. The Morgan fingerprint density at radius 1 is 0.484 bits per heavy atom. The van der Waals surface area contributed by atoms with Gasteiger partial charge in [0.2, 0.25) is 0 Å². The SMILES string of the molecule is CC(=NC(=NC(C)c1ccc(-c2ccccc2)cc1)c1ccc(C(C)(C)c2ccc(-c3nc(C4=CCCC=C4)nc(-c4ccc(-c5ccccc5)cc4)n3)cc2)cc1)c1ccccc1. The molecule has 1 atom stereocenters. The van der Waals surface area contributed by atoms with E-state index in [2.05, 4.69) is 204 Å². The highest BCUT2D eigenvalue weighted by molar-refractivity contribution is 6.11. The lowest BCUT2D eigenvalue weighted by Crippen LogP contribution is -2.19. The summed E-state index contributed by atoms with van der Waals surface area (Å²) >= 11 is 0. The Balaban J connectivity index is 0.993. The van der Waals surface area contributed by atoms with Crippen LogP contribution >= 0.6 is 0 Å². The fraction of sp³-hybridized carbons (Fsp3) is 0.136. The van der Waals surface area contributed by atoms with Crippen LogP contribution in [0.5, 0.6) is 0 Å². The lowest BCUT2D eigenvalue weighted by Gasteiger charge is -2.26. The molecule has 0 saturated heterocycles. The summed E-state index contributed by atoms with van der Waals surface area (Å²) < 4.78 is 0. The third-order valence-electron chi connectivity index (χ3n) is 12.1. The van der Waals surface area contributed by atoms with Gasteiger partial charge >= 0.3 is 0 Å². The van der Waals surface area contributed by atoms with Gasteiger partial charge in [0.05, 0.1) is 6.04 Å². The van der Waals surface area contributed by atoms with Crippen molar-refractivity contribution in [3.8, 4) is 45.0 Å². The fourth-order valence-electron chi connectivity index (χ4n) is 8.14. The van der Waals surface area contributed by atoms with Crippen molar-refractivity contribution in [2.45, 2.75) is 52.0 Å². The summed E-state index contributed by atoms with van der Waals surface area (Å²) in [6.45, 7) is 8.73. The number of amidine groups is 1. The van der Waals surface area contributed by atoms with Crippen LogP contribution in [-0.4, -0.2) is 26.5 Å². The molecule has 8 aromatic rings. The first kappa shape index (κ1) is 41.7. The van der Waals surface area contributed by atoms with Gasteiger partial charge in [-0.2, -0.15) is 0 Å². The van der Waals surface area contributed by atoms with E-state index in [9.17, 15) is 0 Å². The van der Waals surface area contributed by atoms with Gasteiger partial charge in [-0.05, 0) is 71.2 Å². The first-order valence-electron chi connectivity index (χ1n) is 22.1. The minimum Gasteiger partial charge on any atom is -0.258 e. The highest BCUT2D eigenvalue weighted by Crippen LogP contribution is 2.34. The second-order valence-electron chi connectivity index (χ2n) is 16.8. The van der Waals surface area contributed by atoms with Crippen LogP contribution in [0.25, 0.3) is 50.6 Å². The van der Waals surface area contributed by atoms with Gasteiger partial charge in [0.15, 0.2) is 23.3 Å². The van der Waals surface area contributed by atoms with E-state index in [0.717, 1.165) is 57.5 Å². The van der Waals surface area contributed by atoms with Gasteiger partial charge in [-0.1, -0.05) is 220 Å². The second kappa shape index (κ2) is 18.8. The Kier molecular flexibility index (Phi) is 12.2. The zero-order valence-electron chi connectivity index (χ0n) is 36.9. The Bertz CT molecular complexity index is 2970. The van der Waals surface area contributed by atoms with Crippen molar-refractivity contribution in [2.75, 3.05) is 0 Å². The van der Waals surface area contributed by atoms with Gasteiger partial charge in [0.1, 0.15) is 0 Å². The summed E-state index contributed by atoms with van der Waals surface area (Å²) in [7, 11) is 0. The van der Waals surface area contributed by atoms with Crippen molar-refractivity contribution in [3.63, 3.8) is 0 Å². The molecule has 1 aliphatic carbocycles. The largest absolute Gasteiger partial charge is 0.258 e. The van der Waals surface area contributed by atoms with Crippen LogP contribution in [0.3, 0.4) is 0 Å². The summed E-state index contributed by atoms with van der Waals surface area (Å²) in [6, 6.07) is 65.7. The van der Waals surface area contributed by atoms with Gasteiger partial charge in [-0.3, -0.25) is 4.99 Å². The monoisotopic (exact) mass is 829 g/mol. The third-order valence-corrected chi connectivity index (χ3v) is 12.1. The molecule has 0 fully saturated rings. The standard InChI is InChI=1S/C59H51N5/c1-41(43-17-9-5-10-18-43)60-55(61-42(2)44-25-27-47(28-26-44)45-19-11-6-12-20-45)51-33-37-53(38-34-51)59(3,4)54-39-35-52(36-40-54)58-63-56(49-23-15-8-16-24-49)62-57(64-58)50-31-29-48(30-32-50)46-21-13-7-14-22-46/h5-7,9-15,17-40,42H,8,16H2,1-4H3. The molecule has 0 radical (unpaired) electrons. The predicted octanol–water partition coefficient (Wildman–Crippen LogP) is 14.6. The molecular weight excluding hydrogens is 779 g/mol. The minimum atomic E-state index is -0.293. The molecule has 0 spiro atoms. The summed E-state index contributed by atoms with van der Waals surface area (Å²) in [5, 5.41) is 0. The van der Waals surface area contributed by atoms with Crippen molar-refractivity contribution < 1.29 is 0 Å². The number of hydrogen-bond donors (Lipinski definition) is 0. The van der Waals surface area contributed by atoms with Crippen molar-refractivity contribution >= 4 is 17.1 Å². The van der Waals surface area contributed by atoms with Crippen LogP contribution in [0.2, 0.25) is 0 Å². The predicted molar refractivity (Wildman–Crippen MR) is 267 cm³/mol. The molecule has 0 N–H and O–H groups in total. The van der Waals surface area contributed by atoms with Crippen molar-refractivity contribution in [1.82, 2.24) is 15.0 Å². The van der Waals surface area contributed by atoms with E-state index < -0.39 is 0 Å². The Labute approximate surface area is 377 Å². The average molecular weight is 830 g/mol. The molecule has 0 bridgehead atoms. The zero-order valence-corrected chi connectivity index (χ0v) is 36.9. The highest BCUT2D eigenvalue weighted by Gasteiger charge is 2.24. The van der Waals surface area contributed by atoms with Crippen molar-refractivity contribution in [1.29, 1.82) is 0 Å². The first-order valence-corrected chi connectivity index (χ1v) is 22.1. The van der Waals surface area contributed by atoms with Crippen molar-refractivity contribution in [3.05, 3.63) is 240 Å². The molecule has 1 aliphatic rings. The average Bonchev–Trinajstić information content (AvgIpc) is 3.37. The Morgan fingerprint density at radius 2 is 0.938 bits per heavy atom. The number of rotatable bonds is 11.